The second-order valence-corrected chi connectivity index (χ2v) is 6.23. The molecule has 2 N–H and O–H groups in total. The standard InChI is InChI=1S/C16H27N3O3/c1-12(2)21-14-13(8-6-9-18-14)17-10-7-11-19-15(20)22-16(3,4)5/h6,8-9,12,17H,7,10-11H2,1-5H3,(H,19,20). The van der Waals surface area contributed by atoms with Crippen molar-refractivity contribution in [1.82, 2.24) is 10.3 Å². The Labute approximate surface area is 132 Å². The first kappa shape index (κ1) is 18.1. The number of carbonyl (C=O) groups excluding carboxylic acids is 1. The molecular formula is C16H27N3O3. The van der Waals surface area contributed by atoms with Crippen LogP contribution in [0.5, 0.6) is 5.88 Å². The van der Waals surface area contributed by atoms with Crippen molar-refractivity contribution in [2.75, 3.05) is 18.4 Å². The molecular weight excluding hydrogens is 282 g/mol. The molecule has 22 heavy (non-hydrogen) atoms. The Bertz CT molecular complexity index is 470. The number of hydrogen-bond donors (Lipinski definition) is 2. The number of nitrogens with one attached hydrogen (secondary N) is 2. The Balaban J connectivity index is 2.29. The van der Waals surface area contributed by atoms with Gasteiger partial charge in [0.25, 0.3) is 0 Å². The van der Waals surface area contributed by atoms with Crippen molar-refractivity contribution in [2.24, 2.45) is 0 Å². The second-order valence-electron chi connectivity index (χ2n) is 6.23. The Morgan fingerprint density at radius 3 is 2.68 bits per heavy atom. The molecule has 1 aromatic rings. The van der Waals surface area contributed by atoms with Crippen molar-refractivity contribution in [2.45, 2.75) is 52.7 Å². The maximum Gasteiger partial charge on any atom is 0.407 e. The molecule has 0 radical (unpaired) electrons. The largest absolute Gasteiger partial charge is 0.473 e. The summed E-state index contributed by atoms with van der Waals surface area (Å²) in [6, 6.07) is 3.78. The third-order valence-electron chi connectivity index (χ3n) is 2.46. The number of nitrogens with zero attached hydrogens (tertiary/aromatic N) is 1. The molecule has 0 saturated heterocycles. The van der Waals surface area contributed by atoms with Crippen LogP contribution in [0.3, 0.4) is 0 Å². The molecule has 0 unspecified atom stereocenters. The number of rotatable bonds is 7. The first-order valence-electron chi connectivity index (χ1n) is 7.60. The molecule has 0 aromatic carbocycles. The number of hydrogen-bond acceptors (Lipinski definition) is 5. The molecule has 1 rings (SSSR count). The van der Waals surface area contributed by atoms with Gasteiger partial charge in [-0.2, -0.15) is 0 Å². The van der Waals surface area contributed by atoms with Gasteiger partial charge in [-0.05, 0) is 53.2 Å². The first-order chi connectivity index (χ1) is 10.3. The van der Waals surface area contributed by atoms with Crippen LogP contribution in [0.2, 0.25) is 0 Å². The predicted octanol–water partition coefficient (Wildman–Crippen LogP) is 3.20. The number of alkyl carbamates (subject to hydrolysis) is 1. The summed E-state index contributed by atoms with van der Waals surface area (Å²) in [6.45, 7) is 10.7. The van der Waals surface area contributed by atoms with E-state index in [-0.39, 0.29) is 6.10 Å². The van der Waals surface area contributed by atoms with E-state index in [9.17, 15) is 4.79 Å². The molecule has 0 fully saturated rings. The van der Waals surface area contributed by atoms with Gasteiger partial charge in [-0.15, -0.1) is 0 Å². The van der Waals surface area contributed by atoms with Gasteiger partial charge in [0.1, 0.15) is 5.60 Å². The highest BCUT2D eigenvalue weighted by Crippen LogP contribution is 2.21. The average molecular weight is 309 g/mol. The van der Waals surface area contributed by atoms with Gasteiger partial charge in [-0.25, -0.2) is 9.78 Å². The number of aromatic nitrogens is 1. The van der Waals surface area contributed by atoms with Crippen molar-refractivity contribution in [3.63, 3.8) is 0 Å². The highest BCUT2D eigenvalue weighted by atomic mass is 16.6. The van der Waals surface area contributed by atoms with E-state index in [1.165, 1.54) is 0 Å². The monoisotopic (exact) mass is 309 g/mol. The molecule has 1 aromatic heterocycles. The zero-order valence-corrected chi connectivity index (χ0v) is 14.1. The molecule has 0 aliphatic rings. The molecule has 0 spiro atoms. The van der Waals surface area contributed by atoms with Crippen LogP contribution < -0.4 is 15.4 Å². The van der Waals surface area contributed by atoms with Gasteiger partial charge in [0.05, 0.1) is 11.8 Å². The number of ether oxygens (including phenoxy) is 2. The third-order valence-corrected chi connectivity index (χ3v) is 2.46. The summed E-state index contributed by atoms with van der Waals surface area (Å²) in [4.78, 5) is 15.7. The zero-order chi connectivity index (χ0) is 16.6. The minimum Gasteiger partial charge on any atom is -0.473 e. The van der Waals surface area contributed by atoms with Crippen molar-refractivity contribution >= 4 is 11.8 Å². The third kappa shape index (κ3) is 7.71. The van der Waals surface area contributed by atoms with Crippen LogP contribution >= 0.6 is 0 Å². The zero-order valence-electron chi connectivity index (χ0n) is 14.1. The van der Waals surface area contributed by atoms with E-state index in [1.807, 2.05) is 46.8 Å². The van der Waals surface area contributed by atoms with Crippen LogP contribution in [0.25, 0.3) is 0 Å². The van der Waals surface area contributed by atoms with Crippen molar-refractivity contribution in [3.05, 3.63) is 18.3 Å². The lowest BCUT2D eigenvalue weighted by Crippen LogP contribution is -2.33. The van der Waals surface area contributed by atoms with E-state index >= 15 is 0 Å². The van der Waals surface area contributed by atoms with Gasteiger partial charge in [-0.3, -0.25) is 0 Å². The van der Waals surface area contributed by atoms with E-state index in [1.54, 1.807) is 6.20 Å². The summed E-state index contributed by atoms with van der Waals surface area (Å²) in [5.41, 5.74) is 0.384. The van der Waals surface area contributed by atoms with E-state index < -0.39 is 11.7 Å². The Hall–Kier alpha value is -1.98. The van der Waals surface area contributed by atoms with Gasteiger partial charge in [0.2, 0.25) is 5.88 Å². The fourth-order valence-electron chi connectivity index (χ4n) is 1.66. The molecule has 124 valence electrons. The predicted molar refractivity (Wildman–Crippen MR) is 87.3 cm³/mol. The van der Waals surface area contributed by atoms with Gasteiger partial charge in [-0.1, -0.05) is 0 Å². The maximum absolute atomic E-state index is 11.5. The van der Waals surface area contributed by atoms with Gasteiger partial charge >= 0.3 is 6.09 Å². The average Bonchev–Trinajstić information content (AvgIpc) is 2.37. The van der Waals surface area contributed by atoms with Crippen LogP contribution in [0.1, 0.15) is 41.0 Å². The molecule has 0 aliphatic heterocycles. The van der Waals surface area contributed by atoms with Crippen molar-refractivity contribution in [3.8, 4) is 5.88 Å². The quantitative estimate of drug-likeness (QED) is 0.757. The van der Waals surface area contributed by atoms with E-state index in [2.05, 4.69) is 15.6 Å². The summed E-state index contributed by atoms with van der Waals surface area (Å²) >= 11 is 0. The summed E-state index contributed by atoms with van der Waals surface area (Å²) < 4.78 is 10.8. The lowest BCUT2D eigenvalue weighted by atomic mass is 10.2. The number of anilines is 1. The fourth-order valence-corrected chi connectivity index (χ4v) is 1.66. The Kier molecular flexibility index (Phi) is 6.95. The second kappa shape index (κ2) is 8.46. The van der Waals surface area contributed by atoms with E-state index in [4.69, 9.17) is 9.47 Å². The first-order valence-corrected chi connectivity index (χ1v) is 7.60. The minimum absolute atomic E-state index is 0.0734. The molecule has 0 aliphatic carbocycles. The van der Waals surface area contributed by atoms with Crippen LogP contribution in [0.15, 0.2) is 18.3 Å². The van der Waals surface area contributed by atoms with E-state index in [0.717, 1.165) is 12.1 Å². The Morgan fingerprint density at radius 1 is 1.32 bits per heavy atom. The molecule has 6 nitrogen and oxygen atoms in total. The van der Waals surface area contributed by atoms with Crippen LogP contribution in [-0.4, -0.2) is 35.9 Å². The van der Waals surface area contributed by atoms with Crippen molar-refractivity contribution < 1.29 is 14.3 Å². The van der Waals surface area contributed by atoms with Gasteiger partial charge in [0.15, 0.2) is 0 Å². The lowest BCUT2D eigenvalue weighted by Gasteiger charge is -2.19. The summed E-state index contributed by atoms with van der Waals surface area (Å²) in [5, 5.41) is 5.99. The topological polar surface area (TPSA) is 72.5 Å². The molecule has 1 heterocycles. The van der Waals surface area contributed by atoms with Crippen LogP contribution in [-0.2, 0) is 4.74 Å². The molecule has 0 atom stereocenters. The number of carbonyl (C=O) groups is 1. The molecule has 6 heteroatoms. The number of amides is 1. The maximum atomic E-state index is 11.5. The van der Waals surface area contributed by atoms with E-state index in [0.29, 0.717) is 19.0 Å². The van der Waals surface area contributed by atoms with Gasteiger partial charge in [0, 0.05) is 19.3 Å². The highest BCUT2D eigenvalue weighted by Gasteiger charge is 2.15. The van der Waals surface area contributed by atoms with Crippen molar-refractivity contribution in [1.29, 1.82) is 0 Å². The summed E-state index contributed by atoms with van der Waals surface area (Å²) in [7, 11) is 0. The summed E-state index contributed by atoms with van der Waals surface area (Å²) in [5.74, 6) is 0.595. The molecule has 1 amide bonds. The lowest BCUT2D eigenvalue weighted by molar-refractivity contribution is 0.0527. The highest BCUT2D eigenvalue weighted by molar-refractivity contribution is 5.67. The summed E-state index contributed by atoms with van der Waals surface area (Å²) in [6.07, 6.45) is 2.16. The molecule has 0 saturated carbocycles. The number of pyridine rings is 1. The smallest absolute Gasteiger partial charge is 0.407 e. The SMILES string of the molecule is CC(C)Oc1ncccc1NCCCNC(=O)OC(C)(C)C. The molecule has 0 bridgehead atoms. The Morgan fingerprint density at radius 2 is 2.05 bits per heavy atom. The van der Waals surface area contributed by atoms with Crippen LogP contribution in [0.4, 0.5) is 10.5 Å². The van der Waals surface area contributed by atoms with Gasteiger partial charge < -0.3 is 20.1 Å². The normalized spacial score (nSPS) is 11.2. The fraction of sp³-hybridized carbons (Fsp3) is 0.625. The van der Waals surface area contributed by atoms with Crippen LogP contribution in [0, 0.1) is 0 Å². The minimum atomic E-state index is -0.471.